The number of nitrogens with two attached hydrogens (primary N) is 1. The quantitative estimate of drug-likeness (QED) is 0.598. The number of aromatic nitrogens is 1. The van der Waals surface area contributed by atoms with Crippen molar-refractivity contribution in [2.75, 3.05) is 6.61 Å². The summed E-state index contributed by atoms with van der Waals surface area (Å²) >= 11 is 0. The summed E-state index contributed by atoms with van der Waals surface area (Å²) in [5.74, 6) is -0.478. The van der Waals surface area contributed by atoms with Crippen LogP contribution in [0.5, 0.6) is 0 Å². The Kier molecular flexibility index (Phi) is 3.30. The number of hydrogen-bond acceptors (Lipinski definition) is 4. The van der Waals surface area contributed by atoms with Crippen molar-refractivity contribution in [2.45, 2.75) is 12.1 Å². The Morgan fingerprint density at radius 1 is 1.54 bits per heavy atom. The molecule has 0 amide bonds. The van der Waals surface area contributed by atoms with Gasteiger partial charge in [-0.15, -0.1) is 0 Å². The van der Waals surface area contributed by atoms with E-state index in [4.69, 9.17) is 10.8 Å². The minimum Gasteiger partial charge on any atom is -0.395 e. The molecule has 0 radical (unpaired) electrons. The summed E-state index contributed by atoms with van der Waals surface area (Å²) in [5, 5.41) is 18.0. The van der Waals surface area contributed by atoms with E-state index in [1.807, 2.05) is 0 Å². The lowest BCUT2D eigenvalue weighted by atomic mass is 10.1. The van der Waals surface area contributed by atoms with Crippen LogP contribution in [-0.4, -0.2) is 27.8 Å². The summed E-state index contributed by atoms with van der Waals surface area (Å²) in [4.78, 5) is 3.63. The Morgan fingerprint density at radius 3 is 2.69 bits per heavy atom. The van der Waals surface area contributed by atoms with Crippen LogP contribution in [0.1, 0.15) is 11.8 Å². The van der Waals surface area contributed by atoms with Gasteiger partial charge in [-0.3, -0.25) is 4.98 Å². The fourth-order valence-electron chi connectivity index (χ4n) is 0.881. The molecule has 4 N–H and O–H groups in total. The first-order valence-electron chi connectivity index (χ1n) is 3.81. The van der Waals surface area contributed by atoms with Crippen molar-refractivity contribution in [1.82, 2.24) is 4.98 Å². The fraction of sp³-hybridized carbons (Fsp3) is 0.375. The van der Waals surface area contributed by atoms with Gasteiger partial charge in [0.2, 0.25) is 0 Å². The van der Waals surface area contributed by atoms with Crippen molar-refractivity contribution in [3.8, 4) is 0 Å². The van der Waals surface area contributed by atoms with E-state index < -0.39 is 18.0 Å². The minimum absolute atomic E-state index is 0.253. The average molecular weight is 186 g/mol. The molecular formula is C8H11FN2O2. The number of halogens is 1. The molecule has 0 aromatic carbocycles. The van der Waals surface area contributed by atoms with E-state index in [9.17, 15) is 9.50 Å². The first kappa shape index (κ1) is 10.0. The van der Waals surface area contributed by atoms with Gasteiger partial charge in [-0.2, -0.15) is 0 Å². The lowest BCUT2D eigenvalue weighted by Gasteiger charge is -2.15. The van der Waals surface area contributed by atoms with Gasteiger partial charge < -0.3 is 15.9 Å². The number of aliphatic hydroxyl groups is 2. The molecule has 5 heteroatoms. The van der Waals surface area contributed by atoms with Gasteiger partial charge in [-0.05, 0) is 12.1 Å². The van der Waals surface area contributed by atoms with Gasteiger partial charge in [0.15, 0.2) is 0 Å². The van der Waals surface area contributed by atoms with Crippen LogP contribution in [0.4, 0.5) is 4.39 Å². The van der Waals surface area contributed by atoms with E-state index >= 15 is 0 Å². The molecule has 0 fully saturated rings. The van der Waals surface area contributed by atoms with Gasteiger partial charge in [-0.25, -0.2) is 4.39 Å². The van der Waals surface area contributed by atoms with E-state index in [0.717, 1.165) is 6.20 Å². The molecule has 2 atom stereocenters. The molecule has 0 aliphatic heterocycles. The van der Waals surface area contributed by atoms with Crippen molar-refractivity contribution >= 4 is 0 Å². The molecule has 72 valence electrons. The zero-order valence-electron chi connectivity index (χ0n) is 6.89. The van der Waals surface area contributed by atoms with E-state index in [2.05, 4.69) is 4.98 Å². The lowest BCUT2D eigenvalue weighted by molar-refractivity contribution is 0.106. The van der Waals surface area contributed by atoms with Gasteiger partial charge in [0, 0.05) is 0 Å². The second-order valence-electron chi connectivity index (χ2n) is 2.69. The maximum atomic E-state index is 12.4. The SMILES string of the molecule is N[C@@H](CO)[C@@H](O)c1ccc(F)cn1. The number of pyridine rings is 1. The van der Waals surface area contributed by atoms with Crippen molar-refractivity contribution in [3.05, 3.63) is 29.8 Å². The molecule has 0 saturated heterocycles. The van der Waals surface area contributed by atoms with Gasteiger partial charge in [-0.1, -0.05) is 0 Å². The normalized spacial score (nSPS) is 15.4. The summed E-state index contributed by atoms with van der Waals surface area (Å²) in [6, 6.07) is 1.71. The van der Waals surface area contributed by atoms with Gasteiger partial charge in [0.05, 0.1) is 24.5 Å². The molecular weight excluding hydrogens is 175 g/mol. The third kappa shape index (κ3) is 2.45. The monoisotopic (exact) mass is 186 g/mol. The molecule has 0 aliphatic carbocycles. The Balaban J connectivity index is 2.77. The lowest BCUT2D eigenvalue weighted by Crippen LogP contribution is -2.32. The van der Waals surface area contributed by atoms with Gasteiger partial charge >= 0.3 is 0 Å². The number of hydrogen-bond donors (Lipinski definition) is 3. The highest BCUT2D eigenvalue weighted by atomic mass is 19.1. The molecule has 0 spiro atoms. The summed E-state index contributed by atoms with van der Waals surface area (Å²) < 4.78 is 12.4. The zero-order valence-corrected chi connectivity index (χ0v) is 6.89. The molecule has 0 bridgehead atoms. The molecule has 1 rings (SSSR count). The summed E-state index contributed by atoms with van der Waals surface area (Å²) in [6.45, 7) is -0.347. The third-order valence-corrected chi connectivity index (χ3v) is 1.67. The maximum Gasteiger partial charge on any atom is 0.141 e. The van der Waals surface area contributed by atoms with E-state index in [1.54, 1.807) is 0 Å². The second kappa shape index (κ2) is 4.27. The standard InChI is InChI=1S/C8H11FN2O2/c9-5-1-2-7(11-3-5)8(13)6(10)4-12/h1-3,6,8,12-13H,4,10H2/t6-,8+/m0/s1. The predicted octanol–water partition coefficient (Wildman–Crippen LogP) is -0.426. The molecule has 0 unspecified atom stereocenters. The first-order chi connectivity index (χ1) is 6.15. The van der Waals surface area contributed by atoms with E-state index in [1.165, 1.54) is 12.1 Å². The molecule has 0 aliphatic rings. The van der Waals surface area contributed by atoms with E-state index in [0.29, 0.717) is 0 Å². The smallest absolute Gasteiger partial charge is 0.141 e. The highest BCUT2D eigenvalue weighted by Gasteiger charge is 2.16. The van der Waals surface area contributed by atoms with Crippen LogP contribution in [0.15, 0.2) is 18.3 Å². The van der Waals surface area contributed by atoms with Gasteiger partial charge in [0.25, 0.3) is 0 Å². The van der Waals surface area contributed by atoms with Crippen molar-refractivity contribution in [1.29, 1.82) is 0 Å². The van der Waals surface area contributed by atoms with Crippen molar-refractivity contribution < 1.29 is 14.6 Å². The van der Waals surface area contributed by atoms with Crippen LogP contribution >= 0.6 is 0 Å². The van der Waals surface area contributed by atoms with Crippen LogP contribution in [0.25, 0.3) is 0 Å². The summed E-state index contributed by atoms with van der Waals surface area (Å²) in [7, 11) is 0. The van der Waals surface area contributed by atoms with Gasteiger partial charge in [0.1, 0.15) is 11.9 Å². The second-order valence-corrected chi connectivity index (χ2v) is 2.69. The largest absolute Gasteiger partial charge is 0.395 e. The topological polar surface area (TPSA) is 79.4 Å². The highest BCUT2D eigenvalue weighted by molar-refractivity contribution is 5.09. The molecule has 13 heavy (non-hydrogen) atoms. The van der Waals surface area contributed by atoms with Crippen molar-refractivity contribution in [2.24, 2.45) is 5.73 Å². The fourth-order valence-corrected chi connectivity index (χ4v) is 0.881. The Labute approximate surface area is 74.8 Å². The van der Waals surface area contributed by atoms with E-state index in [-0.39, 0.29) is 12.3 Å². The van der Waals surface area contributed by atoms with Crippen LogP contribution in [0.3, 0.4) is 0 Å². The number of aliphatic hydroxyl groups excluding tert-OH is 2. The first-order valence-corrected chi connectivity index (χ1v) is 3.81. The Bertz CT molecular complexity index is 265. The average Bonchev–Trinajstić information content (AvgIpc) is 2.17. The van der Waals surface area contributed by atoms with Crippen LogP contribution in [0, 0.1) is 5.82 Å². The molecule has 0 saturated carbocycles. The van der Waals surface area contributed by atoms with Crippen LogP contribution in [0.2, 0.25) is 0 Å². The number of nitrogens with zero attached hydrogens (tertiary/aromatic N) is 1. The van der Waals surface area contributed by atoms with Crippen LogP contribution < -0.4 is 5.73 Å². The third-order valence-electron chi connectivity index (χ3n) is 1.67. The summed E-state index contributed by atoms with van der Waals surface area (Å²) in [6.07, 6.45) is -0.0755. The maximum absolute atomic E-state index is 12.4. The zero-order chi connectivity index (χ0) is 9.84. The summed E-state index contributed by atoms with van der Waals surface area (Å²) in [5.41, 5.74) is 5.61. The molecule has 1 heterocycles. The molecule has 1 aromatic heterocycles. The Morgan fingerprint density at radius 2 is 2.23 bits per heavy atom. The minimum atomic E-state index is -1.06. The molecule has 4 nitrogen and oxygen atoms in total. The Hall–Kier alpha value is -1.04. The van der Waals surface area contributed by atoms with Crippen molar-refractivity contribution in [3.63, 3.8) is 0 Å². The highest BCUT2D eigenvalue weighted by Crippen LogP contribution is 2.12. The predicted molar refractivity (Wildman–Crippen MR) is 44.2 cm³/mol. The van der Waals surface area contributed by atoms with Crippen LogP contribution in [-0.2, 0) is 0 Å². The number of rotatable bonds is 3. The molecule has 1 aromatic rings.